The SMILES string of the molecule is C=CCOc1ccc([C@@H]2C(=C(O)c3cc(Cl)ccc3O)C(=O)C(=O)N2CCN2CCOCC2)cc1. The number of Topliss-reactive ketones (excluding diaryl/α,β-unsaturated/α-hetero) is 1. The second-order valence-corrected chi connectivity index (χ2v) is 8.71. The van der Waals surface area contributed by atoms with Crippen LogP contribution in [0.15, 0.2) is 60.7 Å². The van der Waals surface area contributed by atoms with E-state index in [1.165, 1.54) is 23.1 Å². The molecule has 0 aliphatic carbocycles. The molecule has 2 aromatic carbocycles. The van der Waals surface area contributed by atoms with Crippen molar-refractivity contribution >= 4 is 29.1 Å². The van der Waals surface area contributed by atoms with Crippen molar-refractivity contribution in [1.82, 2.24) is 9.80 Å². The monoisotopic (exact) mass is 498 g/mol. The highest BCUT2D eigenvalue weighted by Gasteiger charge is 2.46. The third kappa shape index (κ3) is 5.35. The van der Waals surface area contributed by atoms with Crippen LogP contribution in [-0.4, -0.2) is 77.7 Å². The van der Waals surface area contributed by atoms with Gasteiger partial charge in [0.1, 0.15) is 23.9 Å². The van der Waals surface area contributed by atoms with Crippen molar-refractivity contribution in [2.24, 2.45) is 0 Å². The number of benzene rings is 2. The molecular formula is C26H27ClN2O6. The summed E-state index contributed by atoms with van der Waals surface area (Å²) in [5.41, 5.74) is 0.508. The molecule has 0 unspecified atom stereocenters. The van der Waals surface area contributed by atoms with Crippen molar-refractivity contribution in [1.29, 1.82) is 0 Å². The lowest BCUT2D eigenvalue weighted by Crippen LogP contribution is -2.42. The zero-order valence-electron chi connectivity index (χ0n) is 19.2. The zero-order valence-corrected chi connectivity index (χ0v) is 19.9. The molecule has 0 spiro atoms. The lowest BCUT2D eigenvalue weighted by Gasteiger charge is -2.31. The van der Waals surface area contributed by atoms with Crippen molar-refractivity contribution in [2.75, 3.05) is 46.0 Å². The third-order valence-electron chi connectivity index (χ3n) is 6.08. The first-order valence-corrected chi connectivity index (χ1v) is 11.7. The molecule has 2 saturated heterocycles. The molecule has 0 radical (unpaired) electrons. The number of ketones is 1. The number of morpholine rings is 1. The molecule has 35 heavy (non-hydrogen) atoms. The number of carbonyl (C=O) groups is 2. The minimum atomic E-state index is -0.845. The maximum absolute atomic E-state index is 13.2. The fourth-order valence-electron chi connectivity index (χ4n) is 4.28. The van der Waals surface area contributed by atoms with Gasteiger partial charge in [0.15, 0.2) is 0 Å². The van der Waals surface area contributed by atoms with Gasteiger partial charge >= 0.3 is 0 Å². The van der Waals surface area contributed by atoms with Gasteiger partial charge in [-0.2, -0.15) is 0 Å². The normalized spacial score (nSPS) is 20.3. The first-order chi connectivity index (χ1) is 16.9. The molecule has 2 fully saturated rings. The largest absolute Gasteiger partial charge is 0.507 e. The molecule has 184 valence electrons. The molecule has 1 amide bonds. The Balaban J connectivity index is 1.74. The molecule has 8 nitrogen and oxygen atoms in total. The van der Waals surface area contributed by atoms with E-state index >= 15 is 0 Å². The second-order valence-electron chi connectivity index (χ2n) is 8.28. The van der Waals surface area contributed by atoms with E-state index in [-0.39, 0.29) is 28.5 Å². The number of halogens is 1. The molecule has 0 bridgehead atoms. The van der Waals surface area contributed by atoms with Gasteiger partial charge in [-0.05, 0) is 35.9 Å². The molecule has 2 aromatic rings. The van der Waals surface area contributed by atoms with E-state index in [0.717, 1.165) is 13.1 Å². The van der Waals surface area contributed by atoms with Crippen LogP contribution in [0, 0.1) is 0 Å². The standard InChI is InChI=1S/C26H27ClN2O6/c1-2-13-35-19-6-3-17(4-7-19)23-22(24(31)20-16-18(27)5-8-21(20)30)25(32)26(33)29(23)10-9-28-11-14-34-15-12-28/h2-8,16,23,30-31H,1,9-15H2/t23-/m1/s1. The molecule has 4 rings (SSSR count). The van der Waals surface area contributed by atoms with E-state index < -0.39 is 23.5 Å². The molecule has 1 atom stereocenters. The Morgan fingerprint density at radius 1 is 1.14 bits per heavy atom. The van der Waals surface area contributed by atoms with Crippen LogP contribution in [0.2, 0.25) is 5.02 Å². The number of phenolic OH excluding ortho intramolecular Hbond substituents is 1. The van der Waals surface area contributed by atoms with E-state index in [4.69, 9.17) is 21.1 Å². The number of ether oxygens (including phenoxy) is 2. The maximum atomic E-state index is 13.2. The van der Waals surface area contributed by atoms with Gasteiger partial charge in [0.05, 0.1) is 30.4 Å². The Morgan fingerprint density at radius 3 is 2.54 bits per heavy atom. The summed E-state index contributed by atoms with van der Waals surface area (Å²) in [5.74, 6) is -1.65. The van der Waals surface area contributed by atoms with Crippen molar-refractivity contribution < 1.29 is 29.3 Å². The molecule has 0 saturated carbocycles. The predicted octanol–water partition coefficient (Wildman–Crippen LogP) is 3.36. The van der Waals surface area contributed by atoms with Crippen LogP contribution in [-0.2, 0) is 14.3 Å². The number of phenols is 1. The molecule has 2 aliphatic rings. The number of carbonyl (C=O) groups excluding carboxylic acids is 2. The topological polar surface area (TPSA) is 99.5 Å². The summed E-state index contributed by atoms with van der Waals surface area (Å²) in [6.07, 6.45) is 1.63. The number of aliphatic hydroxyl groups excluding tert-OH is 1. The van der Waals surface area contributed by atoms with Gasteiger partial charge in [-0.3, -0.25) is 14.5 Å². The van der Waals surface area contributed by atoms with Crippen LogP contribution >= 0.6 is 11.6 Å². The van der Waals surface area contributed by atoms with Crippen molar-refractivity contribution in [3.8, 4) is 11.5 Å². The van der Waals surface area contributed by atoms with Crippen LogP contribution in [0.4, 0.5) is 0 Å². The number of rotatable bonds is 8. The van der Waals surface area contributed by atoms with Crippen molar-refractivity contribution in [3.63, 3.8) is 0 Å². The second kappa shape index (κ2) is 10.9. The average molecular weight is 499 g/mol. The minimum absolute atomic E-state index is 0.0142. The number of hydrogen-bond acceptors (Lipinski definition) is 7. The lowest BCUT2D eigenvalue weighted by molar-refractivity contribution is -0.140. The van der Waals surface area contributed by atoms with Crippen LogP contribution < -0.4 is 4.74 Å². The summed E-state index contributed by atoms with van der Waals surface area (Å²) in [6.45, 7) is 7.50. The quantitative estimate of drug-likeness (QED) is 0.249. The van der Waals surface area contributed by atoms with Gasteiger partial charge in [-0.25, -0.2) is 0 Å². The van der Waals surface area contributed by atoms with Gasteiger partial charge in [-0.1, -0.05) is 36.4 Å². The Morgan fingerprint density at radius 2 is 1.86 bits per heavy atom. The molecule has 2 heterocycles. The van der Waals surface area contributed by atoms with Gasteiger partial charge < -0.3 is 24.6 Å². The highest BCUT2D eigenvalue weighted by atomic mass is 35.5. The van der Waals surface area contributed by atoms with E-state index in [1.807, 2.05) is 0 Å². The smallest absolute Gasteiger partial charge is 0.295 e. The van der Waals surface area contributed by atoms with E-state index in [0.29, 0.717) is 37.7 Å². The Labute approximate surface area is 208 Å². The fourth-order valence-corrected chi connectivity index (χ4v) is 4.45. The molecule has 2 aliphatic heterocycles. The number of likely N-dealkylation sites (tertiary alicyclic amines) is 1. The Bertz CT molecular complexity index is 1140. The van der Waals surface area contributed by atoms with E-state index in [2.05, 4.69) is 11.5 Å². The number of aliphatic hydroxyl groups is 1. The van der Waals surface area contributed by atoms with Gasteiger partial charge in [0, 0.05) is 31.2 Å². The van der Waals surface area contributed by atoms with Crippen molar-refractivity contribution in [2.45, 2.75) is 6.04 Å². The van der Waals surface area contributed by atoms with E-state index in [1.54, 1.807) is 30.3 Å². The predicted molar refractivity (Wildman–Crippen MR) is 132 cm³/mol. The van der Waals surface area contributed by atoms with Gasteiger partial charge in [0.2, 0.25) is 0 Å². The third-order valence-corrected chi connectivity index (χ3v) is 6.31. The number of aromatic hydroxyl groups is 1. The van der Waals surface area contributed by atoms with Crippen molar-refractivity contribution in [3.05, 3.63) is 76.8 Å². The molecule has 2 N–H and O–H groups in total. The summed E-state index contributed by atoms with van der Waals surface area (Å²) < 4.78 is 10.9. The van der Waals surface area contributed by atoms with Gasteiger partial charge in [-0.15, -0.1) is 0 Å². The van der Waals surface area contributed by atoms with Crippen LogP contribution in [0.25, 0.3) is 5.76 Å². The molecular weight excluding hydrogens is 472 g/mol. The summed E-state index contributed by atoms with van der Waals surface area (Å²) in [4.78, 5) is 29.9. The van der Waals surface area contributed by atoms with Crippen LogP contribution in [0.5, 0.6) is 11.5 Å². The number of amides is 1. The number of nitrogens with zero attached hydrogens (tertiary/aromatic N) is 2. The number of hydrogen-bond donors (Lipinski definition) is 2. The Hall–Kier alpha value is -3.33. The van der Waals surface area contributed by atoms with Gasteiger partial charge in [0.25, 0.3) is 11.7 Å². The minimum Gasteiger partial charge on any atom is -0.507 e. The highest BCUT2D eigenvalue weighted by molar-refractivity contribution is 6.46. The summed E-state index contributed by atoms with van der Waals surface area (Å²) in [7, 11) is 0. The maximum Gasteiger partial charge on any atom is 0.295 e. The lowest BCUT2D eigenvalue weighted by atomic mass is 9.95. The molecule has 9 heteroatoms. The summed E-state index contributed by atoms with van der Waals surface area (Å²) >= 11 is 6.07. The average Bonchev–Trinajstić information content (AvgIpc) is 3.13. The van der Waals surface area contributed by atoms with Crippen LogP contribution in [0.3, 0.4) is 0 Å². The first-order valence-electron chi connectivity index (χ1n) is 11.3. The highest BCUT2D eigenvalue weighted by Crippen LogP contribution is 2.41. The summed E-state index contributed by atoms with van der Waals surface area (Å²) in [6, 6.07) is 10.3. The van der Waals surface area contributed by atoms with E-state index in [9.17, 15) is 19.8 Å². The summed E-state index contributed by atoms with van der Waals surface area (Å²) in [5, 5.41) is 21.7. The zero-order chi connectivity index (χ0) is 24.9. The van der Waals surface area contributed by atoms with Crippen LogP contribution in [0.1, 0.15) is 17.2 Å². The first kappa shape index (κ1) is 24.8. The molecule has 0 aromatic heterocycles. The Kier molecular flexibility index (Phi) is 7.75. The fraction of sp³-hybridized carbons (Fsp3) is 0.308.